The van der Waals surface area contributed by atoms with Gasteiger partial charge < -0.3 is 24.4 Å². The second-order valence-corrected chi connectivity index (χ2v) is 8.65. The number of hydrogen-bond acceptors (Lipinski definition) is 5. The van der Waals surface area contributed by atoms with Gasteiger partial charge in [0.05, 0.1) is 39.6 Å². The third kappa shape index (κ3) is 5.82. The number of aliphatic hydroxyl groups is 2. The molecule has 0 spiro atoms. The molecule has 0 heterocycles. The zero-order valence-electron chi connectivity index (χ0n) is 20.9. The van der Waals surface area contributed by atoms with Crippen LogP contribution in [0.5, 0.6) is 0 Å². The average molecular weight is 499 g/mol. The van der Waals surface area contributed by atoms with E-state index in [0.717, 1.165) is 11.1 Å². The zero-order valence-corrected chi connectivity index (χ0v) is 20.9. The Bertz CT molecular complexity index is 1090. The Morgan fingerprint density at radius 1 is 0.459 bits per heavy atom. The van der Waals surface area contributed by atoms with Crippen molar-refractivity contribution in [2.45, 2.75) is 11.2 Å². The van der Waals surface area contributed by atoms with Crippen molar-refractivity contribution in [1.82, 2.24) is 0 Å². The zero-order chi connectivity index (χ0) is 25.8. The summed E-state index contributed by atoms with van der Waals surface area (Å²) >= 11 is 0. The molecule has 0 aliphatic heterocycles. The fraction of sp³-hybridized carbons (Fsp3) is 0.250. The fourth-order valence-corrected chi connectivity index (χ4v) is 4.77. The molecule has 5 heteroatoms. The van der Waals surface area contributed by atoms with Gasteiger partial charge in [0.15, 0.2) is 11.2 Å². The molecule has 0 aliphatic carbocycles. The van der Waals surface area contributed by atoms with E-state index in [1.807, 2.05) is 121 Å². The van der Waals surface area contributed by atoms with Crippen LogP contribution in [0.15, 0.2) is 121 Å². The number of ether oxygens (including phenoxy) is 3. The van der Waals surface area contributed by atoms with Crippen LogP contribution >= 0.6 is 0 Å². The molecule has 4 aromatic carbocycles. The number of benzene rings is 4. The van der Waals surface area contributed by atoms with Crippen LogP contribution in [0.2, 0.25) is 0 Å². The van der Waals surface area contributed by atoms with Gasteiger partial charge in [-0.05, 0) is 22.3 Å². The van der Waals surface area contributed by atoms with Gasteiger partial charge in [0, 0.05) is 0 Å². The predicted octanol–water partition coefficient (Wildman–Crippen LogP) is 4.91. The van der Waals surface area contributed by atoms with Crippen molar-refractivity contribution < 1.29 is 24.4 Å². The third-order valence-corrected chi connectivity index (χ3v) is 6.41. The molecule has 5 nitrogen and oxygen atoms in total. The van der Waals surface area contributed by atoms with E-state index in [1.54, 1.807) is 0 Å². The third-order valence-electron chi connectivity index (χ3n) is 6.41. The second kappa shape index (κ2) is 13.3. The summed E-state index contributed by atoms with van der Waals surface area (Å²) in [5.41, 5.74) is 0.196. The molecule has 0 radical (unpaired) electrons. The van der Waals surface area contributed by atoms with Gasteiger partial charge in [-0.2, -0.15) is 0 Å². The highest BCUT2D eigenvalue weighted by Crippen LogP contribution is 2.52. The highest BCUT2D eigenvalue weighted by Gasteiger charge is 2.56. The summed E-state index contributed by atoms with van der Waals surface area (Å²) in [7, 11) is 0. The van der Waals surface area contributed by atoms with Crippen LogP contribution in [0.25, 0.3) is 0 Å². The lowest BCUT2D eigenvalue weighted by Gasteiger charge is -2.48. The number of rotatable bonds is 14. The molecule has 192 valence electrons. The largest absolute Gasteiger partial charge is 0.394 e. The van der Waals surface area contributed by atoms with E-state index in [-0.39, 0.29) is 19.8 Å². The van der Waals surface area contributed by atoms with Crippen molar-refractivity contribution in [3.8, 4) is 0 Å². The summed E-state index contributed by atoms with van der Waals surface area (Å²) in [6.07, 6.45) is 0. The molecule has 0 fully saturated rings. The Hall–Kier alpha value is -3.32. The van der Waals surface area contributed by atoms with Crippen LogP contribution in [0.1, 0.15) is 22.3 Å². The summed E-state index contributed by atoms with van der Waals surface area (Å²) in [6, 6.07) is 39.1. The van der Waals surface area contributed by atoms with E-state index < -0.39 is 11.2 Å². The lowest BCUT2D eigenvalue weighted by molar-refractivity contribution is -0.161. The fourth-order valence-electron chi connectivity index (χ4n) is 4.77. The van der Waals surface area contributed by atoms with Crippen molar-refractivity contribution in [2.24, 2.45) is 0 Å². The lowest BCUT2D eigenvalue weighted by atomic mass is 9.66. The maximum atomic E-state index is 13.1. The van der Waals surface area contributed by atoms with Crippen molar-refractivity contribution in [1.29, 1.82) is 0 Å². The van der Waals surface area contributed by atoms with Gasteiger partial charge in [0.25, 0.3) is 0 Å². The van der Waals surface area contributed by atoms with Gasteiger partial charge in [-0.15, -0.1) is 0 Å². The highest BCUT2D eigenvalue weighted by atomic mass is 16.6. The lowest BCUT2D eigenvalue weighted by Crippen LogP contribution is -2.53. The minimum Gasteiger partial charge on any atom is -0.394 e. The first-order valence-corrected chi connectivity index (χ1v) is 12.6. The van der Waals surface area contributed by atoms with E-state index in [4.69, 9.17) is 19.3 Å². The number of aliphatic hydroxyl groups excluding tert-OH is 1. The summed E-state index contributed by atoms with van der Waals surface area (Å²) in [6.45, 7) is 1.58. The molecule has 0 atom stereocenters. The van der Waals surface area contributed by atoms with Crippen LogP contribution in [-0.2, 0) is 25.4 Å². The molecule has 0 amide bonds. The average Bonchev–Trinajstić information content (AvgIpc) is 2.98. The maximum Gasteiger partial charge on any atom is 0.155 e. The molecular formula is C32H34O5. The molecule has 4 aromatic rings. The molecular weight excluding hydrogens is 464 g/mol. The first kappa shape index (κ1) is 26.7. The number of hydrogen-bond donors (Lipinski definition) is 2. The maximum absolute atomic E-state index is 13.1. The van der Waals surface area contributed by atoms with E-state index >= 15 is 0 Å². The second-order valence-electron chi connectivity index (χ2n) is 8.65. The van der Waals surface area contributed by atoms with Gasteiger partial charge in [-0.3, -0.25) is 0 Å². The van der Waals surface area contributed by atoms with Crippen LogP contribution in [0, 0.1) is 0 Å². The van der Waals surface area contributed by atoms with Crippen molar-refractivity contribution in [3.05, 3.63) is 144 Å². The Labute approximate surface area is 218 Å². The highest BCUT2D eigenvalue weighted by molar-refractivity contribution is 5.50. The van der Waals surface area contributed by atoms with Crippen LogP contribution < -0.4 is 0 Å². The molecule has 0 aromatic heterocycles. The molecule has 4 rings (SSSR count). The molecule has 0 unspecified atom stereocenters. The normalized spacial score (nSPS) is 11.9. The van der Waals surface area contributed by atoms with Gasteiger partial charge in [0.1, 0.15) is 0 Å². The summed E-state index contributed by atoms with van der Waals surface area (Å²) in [5.74, 6) is 0. The Morgan fingerprint density at radius 2 is 0.811 bits per heavy atom. The van der Waals surface area contributed by atoms with Crippen LogP contribution in [-0.4, -0.2) is 49.9 Å². The molecule has 37 heavy (non-hydrogen) atoms. The topological polar surface area (TPSA) is 68.2 Å². The van der Waals surface area contributed by atoms with Crippen molar-refractivity contribution in [2.75, 3.05) is 39.6 Å². The molecule has 0 bridgehead atoms. The standard InChI is InChI=1S/C32H34O5/c33-21-22-35-23-24-36-25-26-37-32(29-17-9-3-10-18-29,30-19-11-4-12-20-30)31(34,27-13-5-1-6-14-27)28-15-7-2-8-16-28/h1-20,33-34H,21-26H2. The smallest absolute Gasteiger partial charge is 0.155 e. The summed E-state index contributed by atoms with van der Waals surface area (Å²) < 4.78 is 17.9. The van der Waals surface area contributed by atoms with Gasteiger partial charge in [-0.25, -0.2) is 0 Å². The molecule has 2 N–H and O–H groups in total. The van der Waals surface area contributed by atoms with Crippen LogP contribution in [0.4, 0.5) is 0 Å². The first-order valence-electron chi connectivity index (χ1n) is 12.6. The molecule has 0 saturated heterocycles. The van der Waals surface area contributed by atoms with Crippen molar-refractivity contribution >= 4 is 0 Å². The van der Waals surface area contributed by atoms with Gasteiger partial charge in [0.2, 0.25) is 0 Å². The minimum absolute atomic E-state index is 0.0165. The van der Waals surface area contributed by atoms with Crippen molar-refractivity contribution in [3.63, 3.8) is 0 Å². The predicted molar refractivity (Wildman–Crippen MR) is 144 cm³/mol. The summed E-state index contributed by atoms with van der Waals surface area (Å²) in [5, 5.41) is 21.9. The van der Waals surface area contributed by atoms with Gasteiger partial charge >= 0.3 is 0 Å². The monoisotopic (exact) mass is 498 g/mol. The molecule has 0 aliphatic rings. The summed E-state index contributed by atoms with van der Waals surface area (Å²) in [4.78, 5) is 0. The van der Waals surface area contributed by atoms with E-state index in [0.29, 0.717) is 30.9 Å². The van der Waals surface area contributed by atoms with E-state index in [2.05, 4.69) is 0 Å². The molecule has 0 saturated carbocycles. The van der Waals surface area contributed by atoms with Gasteiger partial charge in [-0.1, -0.05) is 121 Å². The Kier molecular flexibility index (Phi) is 9.60. The van der Waals surface area contributed by atoms with E-state index in [9.17, 15) is 5.11 Å². The van der Waals surface area contributed by atoms with Crippen LogP contribution in [0.3, 0.4) is 0 Å². The Balaban J connectivity index is 1.83. The SMILES string of the molecule is OCCOCCOCCOC(c1ccccc1)(c1ccccc1)C(O)(c1ccccc1)c1ccccc1. The first-order chi connectivity index (χ1) is 18.2. The quantitative estimate of drug-likeness (QED) is 0.242. The Morgan fingerprint density at radius 3 is 1.22 bits per heavy atom. The minimum atomic E-state index is -1.58. The van der Waals surface area contributed by atoms with E-state index in [1.165, 1.54) is 0 Å².